The monoisotopic (exact) mass is 348 g/mol. The Hall–Kier alpha value is -2.22. The summed E-state index contributed by atoms with van der Waals surface area (Å²) in [6.07, 6.45) is 5.60. The predicted molar refractivity (Wildman–Crippen MR) is 90.2 cm³/mol. The summed E-state index contributed by atoms with van der Waals surface area (Å²) < 4.78 is 10.0. The van der Waals surface area contributed by atoms with Gasteiger partial charge in [0, 0.05) is 20.2 Å². The first-order valence-corrected chi connectivity index (χ1v) is 8.62. The van der Waals surface area contributed by atoms with Gasteiger partial charge in [-0.2, -0.15) is 0 Å². The molecule has 2 aliphatic rings. The Morgan fingerprint density at radius 3 is 2.64 bits per heavy atom. The summed E-state index contributed by atoms with van der Waals surface area (Å²) in [5.74, 6) is 1.07. The quantitative estimate of drug-likeness (QED) is 0.796. The fourth-order valence-electron chi connectivity index (χ4n) is 3.28. The van der Waals surface area contributed by atoms with Gasteiger partial charge in [0.15, 0.2) is 5.82 Å². The lowest BCUT2D eigenvalue weighted by Gasteiger charge is -2.31. The van der Waals surface area contributed by atoms with Crippen LogP contribution in [0.2, 0.25) is 0 Å². The fraction of sp³-hybridized carbons (Fsp3) is 0.647. The Morgan fingerprint density at radius 2 is 2.08 bits per heavy atom. The van der Waals surface area contributed by atoms with Crippen molar-refractivity contribution in [3.63, 3.8) is 0 Å². The first kappa shape index (κ1) is 17.6. The highest BCUT2D eigenvalue weighted by Crippen LogP contribution is 2.22. The smallest absolute Gasteiger partial charge is 0.415 e. The minimum absolute atomic E-state index is 0.0526. The zero-order valence-corrected chi connectivity index (χ0v) is 14.7. The molecule has 0 aromatic carbocycles. The predicted octanol–water partition coefficient (Wildman–Crippen LogP) is 1.25. The Balaban J connectivity index is 1.51. The molecule has 0 bridgehead atoms. The molecule has 8 heteroatoms. The minimum Gasteiger partial charge on any atom is -0.444 e. The Kier molecular flexibility index (Phi) is 5.47. The van der Waals surface area contributed by atoms with Crippen molar-refractivity contribution < 1.29 is 19.1 Å². The van der Waals surface area contributed by atoms with Crippen molar-refractivity contribution in [2.45, 2.75) is 32.3 Å². The number of cyclic esters (lactones) is 1. The summed E-state index contributed by atoms with van der Waals surface area (Å²) in [5, 5.41) is 0. The van der Waals surface area contributed by atoms with Crippen LogP contribution < -0.4 is 4.90 Å². The second-order valence-corrected chi connectivity index (χ2v) is 6.63. The van der Waals surface area contributed by atoms with Gasteiger partial charge >= 0.3 is 6.09 Å². The summed E-state index contributed by atoms with van der Waals surface area (Å²) in [7, 11) is 1.54. The van der Waals surface area contributed by atoms with Gasteiger partial charge in [-0.05, 0) is 32.1 Å². The van der Waals surface area contributed by atoms with Gasteiger partial charge in [0.25, 0.3) is 0 Å². The Bertz CT molecular complexity index is 614. The third-order valence-electron chi connectivity index (χ3n) is 4.66. The number of carbonyl (C=O) groups excluding carboxylic acids is 2. The molecule has 2 amide bonds. The first-order chi connectivity index (χ1) is 12.1. The number of anilines is 1. The van der Waals surface area contributed by atoms with Gasteiger partial charge in [-0.3, -0.25) is 14.7 Å². The third-order valence-corrected chi connectivity index (χ3v) is 4.66. The molecule has 0 N–H and O–H groups in total. The maximum Gasteiger partial charge on any atom is 0.415 e. The highest BCUT2D eigenvalue weighted by molar-refractivity contribution is 5.88. The van der Waals surface area contributed by atoms with Crippen LogP contribution >= 0.6 is 0 Å². The van der Waals surface area contributed by atoms with E-state index < -0.39 is 0 Å². The molecule has 2 aliphatic heterocycles. The number of rotatable bonds is 5. The van der Waals surface area contributed by atoms with Gasteiger partial charge in [-0.1, -0.05) is 0 Å². The van der Waals surface area contributed by atoms with Crippen LogP contribution in [0.1, 0.15) is 25.5 Å². The minimum atomic E-state index is -0.373. The molecule has 8 nitrogen and oxygen atoms in total. The molecule has 0 spiro atoms. The van der Waals surface area contributed by atoms with Crippen molar-refractivity contribution in [3.05, 3.63) is 18.1 Å². The molecule has 0 unspecified atom stereocenters. The average Bonchev–Trinajstić information content (AvgIpc) is 2.95. The molecule has 25 heavy (non-hydrogen) atoms. The van der Waals surface area contributed by atoms with E-state index in [9.17, 15) is 9.59 Å². The van der Waals surface area contributed by atoms with Gasteiger partial charge in [0.2, 0.25) is 5.91 Å². The Morgan fingerprint density at radius 1 is 1.32 bits per heavy atom. The number of likely N-dealkylation sites (tertiary alicyclic amines) is 1. The van der Waals surface area contributed by atoms with E-state index in [2.05, 4.69) is 9.97 Å². The van der Waals surface area contributed by atoms with Crippen molar-refractivity contribution >= 4 is 17.8 Å². The van der Waals surface area contributed by atoms with Crippen LogP contribution in [-0.4, -0.2) is 66.3 Å². The summed E-state index contributed by atoms with van der Waals surface area (Å²) >= 11 is 0. The zero-order chi connectivity index (χ0) is 17.8. The van der Waals surface area contributed by atoms with E-state index in [1.54, 1.807) is 12.4 Å². The van der Waals surface area contributed by atoms with Crippen LogP contribution in [0.5, 0.6) is 0 Å². The summed E-state index contributed by atoms with van der Waals surface area (Å²) in [6, 6.07) is 0. The highest BCUT2D eigenvalue weighted by Gasteiger charge is 2.30. The standard InChI is InChI=1S/C17H24N4O4/c1-12-10-21(17(23)25-12)15-9-18-14(8-19-15)7-13-3-5-20(6-4-13)16(22)11-24-2/h8-9,12-13H,3-7,10-11H2,1-2H3/t12-/m0/s1. The number of hydrogen-bond donors (Lipinski definition) is 0. The molecule has 3 rings (SSSR count). The lowest BCUT2D eigenvalue weighted by molar-refractivity contribution is -0.136. The van der Waals surface area contributed by atoms with Crippen molar-refractivity contribution in [2.75, 3.05) is 38.3 Å². The van der Waals surface area contributed by atoms with Gasteiger partial charge in [0.05, 0.1) is 24.6 Å². The number of hydrogen-bond acceptors (Lipinski definition) is 6. The molecule has 1 atom stereocenters. The highest BCUT2D eigenvalue weighted by atomic mass is 16.6. The van der Waals surface area contributed by atoms with E-state index in [-0.39, 0.29) is 24.7 Å². The van der Waals surface area contributed by atoms with Crippen LogP contribution in [0.3, 0.4) is 0 Å². The van der Waals surface area contributed by atoms with E-state index in [0.29, 0.717) is 18.3 Å². The van der Waals surface area contributed by atoms with Gasteiger partial charge in [-0.25, -0.2) is 9.78 Å². The third kappa shape index (κ3) is 4.25. The molecular formula is C17H24N4O4. The summed E-state index contributed by atoms with van der Waals surface area (Å²) in [5.41, 5.74) is 0.908. The number of piperidine rings is 1. The molecule has 2 saturated heterocycles. The van der Waals surface area contributed by atoms with Crippen LogP contribution in [0, 0.1) is 5.92 Å². The number of amides is 2. The van der Waals surface area contributed by atoms with Crippen LogP contribution in [0.4, 0.5) is 10.6 Å². The second kappa shape index (κ2) is 7.77. The maximum absolute atomic E-state index is 11.8. The SMILES string of the molecule is COCC(=O)N1CCC(Cc2cnc(N3C[C@H](C)OC3=O)cn2)CC1. The van der Waals surface area contributed by atoms with E-state index in [0.717, 1.165) is 38.0 Å². The van der Waals surface area contributed by atoms with E-state index in [1.165, 1.54) is 12.0 Å². The first-order valence-electron chi connectivity index (χ1n) is 8.62. The molecule has 0 aliphatic carbocycles. The van der Waals surface area contributed by atoms with E-state index in [4.69, 9.17) is 9.47 Å². The van der Waals surface area contributed by atoms with Crippen molar-refractivity contribution in [1.82, 2.24) is 14.9 Å². The van der Waals surface area contributed by atoms with Crippen molar-refractivity contribution in [2.24, 2.45) is 5.92 Å². The summed E-state index contributed by atoms with van der Waals surface area (Å²) in [6.45, 7) is 4.02. The van der Waals surface area contributed by atoms with Crippen molar-refractivity contribution in [1.29, 1.82) is 0 Å². The lowest BCUT2D eigenvalue weighted by atomic mass is 9.92. The lowest BCUT2D eigenvalue weighted by Crippen LogP contribution is -2.40. The number of carbonyl (C=O) groups is 2. The molecule has 1 aromatic heterocycles. The molecule has 1 aromatic rings. The number of methoxy groups -OCH3 is 1. The van der Waals surface area contributed by atoms with E-state index in [1.807, 2.05) is 11.8 Å². The van der Waals surface area contributed by atoms with Crippen molar-refractivity contribution in [3.8, 4) is 0 Å². The zero-order valence-electron chi connectivity index (χ0n) is 14.7. The van der Waals surface area contributed by atoms with Gasteiger partial charge < -0.3 is 14.4 Å². The normalized spacial score (nSPS) is 21.5. The molecule has 3 heterocycles. The number of nitrogens with zero attached hydrogens (tertiary/aromatic N) is 4. The molecule has 136 valence electrons. The van der Waals surface area contributed by atoms with E-state index >= 15 is 0 Å². The molecule has 0 radical (unpaired) electrons. The van der Waals surface area contributed by atoms with Crippen LogP contribution in [0.25, 0.3) is 0 Å². The largest absolute Gasteiger partial charge is 0.444 e. The topological polar surface area (TPSA) is 84.9 Å². The summed E-state index contributed by atoms with van der Waals surface area (Å²) in [4.78, 5) is 35.7. The number of aromatic nitrogens is 2. The Labute approximate surface area is 147 Å². The fourth-order valence-corrected chi connectivity index (χ4v) is 3.28. The van der Waals surface area contributed by atoms with Gasteiger partial charge in [0.1, 0.15) is 12.7 Å². The molecular weight excluding hydrogens is 324 g/mol. The molecule has 0 saturated carbocycles. The number of ether oxygens (including phenoxy) is 2. The van der Waals surface area contributed by atoms with Gasteiger partial charge in [-0.15, -0.1) is 0 Å². The van der Waals surface area contributed by atoms with Crippen LogP contribution in [0.15, 0.2) is 12.4 Å². The maximum atomic E-state index is 11.8. The average molecular weight is 348 g/mol. The molecule has 2 fully saturated rings. The van der Waals surface area contributed by atoms with Crippen LogP contribution in [-0.2, 0) is 20.7 Å². The second-order valence-electron chi connectivity index (χ2n) is 6.63.